The summed E-state index contributed by atoms with van der Waals surface area (Å²) in [7, 11) is 67.1. The van der Waals surface area contributed by atoms with E-state index in [4.69, 9.17) is 89.3 Å². The van der Waals surface area contributed by atoms with Crippen LogP contribution in [0.3, 0.4) is 0 Å². The molecule has 0 amide bonds. The molecule has 12 aromatic rings. The summed E-state index contributed by atoms with van der Waals surface area (Å²) < 4.78 is 6.19. The van der Waals surface area contributed by atoms with Gasteiger partial charge in [0.2, 0.25) is 0 Å². The average molecular weight is 833 g/mol. The molecule has 11 aromatic carbocycles. The Morgan fingerprint density at radius 3 is 1.49 bits per heavy atom. The van der Waals surface area contributed by atoms with Gasteiger partial charge in [-0.2, -0.15) is 0 Å². The first-order valence-corrected chi connectivity index (χ1v) is 22.0. The van der Waals surface area contributed by atoms with E-state index < -0.39 is 0 Å². The van der Waals surface area contributed by atoms with Gasteiger partial charge in [0.15, 0.2) is 0 Å². The Morgan fingerprint density at radius 1 is 0.441 bits per heavy atom. The number of benzene rings is 11. The first kappa shape index (κ1) is 42.4. The number of terminal acetylenes is 1. The summed E-state index contributed by atoms with van der Waals surface area (Å²) in [4.78, 5) is 0. The Morgan fingerprint density at radius 2 is 0.912 bits per heavy atom. The van der Waals surface area contributed by atoms with Gasteiger partial charge in [-0.15, -0.1) is 22.8 Å². The lowest BCUT2D eigenvalue weighted by Gasteiger charge is -2.25. The number of rotatable bonds is 6. The molecule has 0 aliphatic rings. The van der Waals surface area contributed by atoms with Gasteiger partial charge in [-0.3, -0.25) is 0 Å². The van der Waals surface area contributed by atoms with Crippen molar-refractivity contribution in [1.82, 2.24) is 0 Å². The fourth-order valence-corrected chi connectivity index (χ4v) is 10.7. The van der Waals surface area contributed by atoms with Gasteiger partial charge in [-0.1, -0.05) is 166 Å². The summed E-state index contributed by atoms with van der Waals surface area (Å²) >= 11 is 0. The van der Waals surface area contributed by atoms with E-state index in [9.17, 15) is 0 Å². The number of allylic oxidation sites excluding steroid dienone is 4. The molecule has 1 nitrogen and oxygen atoms in total. The van der Waals surface area contributed by atoms with E-state index in [0.29, 0.717) is 10.8 Å². The summed E-state index contributed by atoms with van der Waals surface area (Å²) in [6, 6.07) is 45.7. The Kier molecular flexibility index (Phi) is 9.66. The summed E-state index contributed by atoms with van der Waals surface area (Å²) in [5.74, 6) is 2.46. The third-order valence-electron chi connectivity index (χ3n) is 14.1. The van der Waals surface area contributed by atoms with Gasteiger partial charge in [0.1, 0.15) is 89.6 Å². The normalized spacial score (nSPS) is 12.9. The zero-order valence-corrected chi connectivity index (χ0v) is 36.6. The maximum absolute atomic E-state index is 7.36. The van der Waals surface area contributed by atoms with Gasteiger partial charge >= 0.3 is 0 Å². The fourth-order valence-electron chi connectivity index (χ4n) is 10.7. The predicted molar refractivity (Wildman–Crippen MR) is 300 cm³/mol. The Labute approximate surface area is 407 Å². The summed E-state index contributed by atoms with van der Waals surface area (Å²) in [6.45, 7) is 0. The molecule has 12 rings (SSSR count). The highest BCUT2D eigenvalue weighted by Crippen LogP contribution is 2.44. The summed E-state index contributed by atoms with van der Waals surface area (Å²) in [5, 5.41) is 14.7. The highest BCUT2D eigenvalue weighted by atomic mass is 16.3. The maximum Gasteiger partial charge on any atom is 0.127 e. The maximum atomic E-state index is 7.36. The van der Waals surface area contributed by atoms with E-state index in [1.54, 1.807) is 0 Å². The molecule has 0 fully saturated rings. The first-order chi connectivity index (χ1) is 32.9. The first-order valence-electron chi connectivity index (χ1n) is 22.0. The molecule has 0 saturated carbocycles. The van der Waals surface area contributed by atoms with E-state index in [2.05, 4.69) is 133 Å². The standard InChI is InChI=1S/C57H24B10O/c1-2-38(58)48(60)44(45-49(61)46-47-51(63)52(64)53(65)55(67)57(47)68-56(46)54(66)50(45)62)39(59)24-32-14-13-31(33-19-15-29-11-9-25-5-3-7-27-17-21-35(33)42(29)40(25)27)23-37(32)34-20-16-30-12-10-26-6-4-8-28-18-22-36(34)43(30)41(26)28/h1,3-23H,24H2/b44-39+,48-38-. The van der Waals surface area contributed by atoms with Crippen molar-refractivity contribution in [3.05, 3.63) is 155 Å². The van der Waals surface area contributed by atoms with E-state index in [-0.39, 0.29) is 83.4 Å². The molecule has 0 unspecified atom stereocenters. The van der Waals surface area contributed by atoms with Crippen LogP contribution in [0.2, 0.25) is 0 Å². The SMILES string of the molecule is [B]/C(C#C)=C([B])/C(=C(/[B])Cc1ccc(-c2ccc3ccc4cccc5ccc2c3c45)cc1-c1ccc2ccc3cccc4ccc1c2c34)c1c([B])c([B])c2oc3c([B])c([B])c([B])c([B])c3c2c1[B]. The minimum atomic E-state index is -0.0883. The number of hydrogen-bond acceptors (Lipinski definition) is 1. The van der Waals surface area contributed by atoms with Crippen molar-refractivity contribution in [3.8, 4) is 34.6 Å². The Bertz CT molecular complexity index is 4270. The van der Waals surface area contributed by atoms with Crippen LogP contribution in [0.5, 0.6) is 0 Å². The lowest BCUT2D eigenvalue weighted by molar-refractivity contribution is 0.675. The minimum absolute atomic E-state index is 0.0224. The molecule has 1 heterocycles. The molecule has 0 atom stereocenters. The lowest BCUT2D eigenvalue weighted by Crippen LogP contribution is -2.47. The van der Waals surface area contributed by atoms with Crippen LogP contribution in [0.4, 0.5) is 0 Å². The average Bonchev–Trinajstić information content (AvgIpc) is 3.78. The molecular formula is C57H24B10O. The van der Waals surface area contributed by atoms with Gasteiger partial charge in [0, 0.05) is 10.8 Å². The highest BCUT2D eigenvalue weighted by Gasteiger charge is 2.25. The molecule has 0 spiro atoms. The van der Waals surface area contributed by atoms with Crippen LogP contribution in [-0.4, -0.2) is 78.5 Å². The quantitative estimate of drug-likeness (QED) is 0.0925. The largest absolute Gasteiger partial charge is 0.457 e. The smallest absolute Gasteiger partial charge is 0.127 e. The second-order valence-electron chi connectivity index (χ2n) is 17.6. The van der Waals surface area contributed by atoms with Gasteiger partial charge in [-0.05, 0) is 116 Å². The second kappa shape index (κ2) is 15.5. The van der Waals surface area contributed by atoms with E-state index in [1.165, 1.54) is 37.7 Å². The van der Waals surface area contributed by atoms with Crippen molar-refractivity contribution >= 4 is 209 Å². The van der Waals surface area contributed by atoms with E-state index in [1.807, 2.05) is 0 Å². The minimum Gasteiger partial charge on any atom is -0.457 e. The third kappa shape index (κ3) is 5.99. The molecular weight excluding hydrogens is 809 g/mol. The van der Waals surface area contributed by atoms with Crippen molar-refractivity contribution in [3.63, 3.8) is 0 Å². The van der Waals surface area contributed by atoms with Gasteiger partial charge in [-0.25, -0.2) is 0 Å². The second-order valence-corrected chi connectivity index (χ2v) is 17.6. The summed E-state index contributed by atoms with van der Waals surface area (Å²) in [5.41, 5.74) is 6.21. The van der Waals surface area contributed by atoms with Crippen molar-refractivity contribution in [2.75, 3.05) is 0 Å². The molecule has 0 saturated heterocycles. The molecule has 11 heteroatoms. The number of fused-ring (bicyclic) bond motifs is 3. The van der Waals surface area contributed by atoms with E-state index >= 15 is 0 Å². The van der Waals surface area contributed by atoms with Crippen LogP contribution in [0.1, 0.15) is 11.1 Å². The fraction of sp³-hybridized carbons (Fsp3) is 0.0175. The molecule has 0 bridgehead atoms. The lowest BCUT2D eigenvalue weighted by atomic mass is 9.61. The van der Waals surface area contributed by atoms with Crippen LogP contribution < -0.4 is 38.2 Å². The number of furan rings is 1. The number of hydrogen-bond donors (Lipinski definition) is 0. The monoisotopic (exact) mass is 834 g/mol. The molecule has 288 valence electrons. The molecule has 20 radical (unpaired) electrons. The van der Waals surface area contributed by atoms with Crippen LogP contribution in [0, 0.1) is 12.3 Å². The third-order valence-corrected chi connectivity index (χ3v) is 14.1. The van der Waals surface area contributed by atoms with Crippen molar-refractivity contribution in [2.24, 2.45) is 0 Å². The van der Waals surface area contributed by atoms with Crippen LogP contribution in [-0.2, 0) is 6.42 Å². The summed E-state index contributed by atoms with van der Waals surface area (Å²) in [6.07, 6.45) is 6.05. The van der Waals surface area contributed by atoms with Crippen LogP contribution in [0.25, 0.3) is 114 Å². The van der Waals surface area contributed by atoms with Crippen LogP contribution in [0.15, 0.2) is 148 Å². The van der Waals surface area contributed by atoms with Gasteiger partial charge in [0.25, 0.3) is 0 Å². The van der Waals surface area contributed by atoms with Gasteiger partial charge in [0.05, 0.1) is 0 Å². The Balaban J connectivity index is 1.13. The van der Waals surface area contributed by atoms with Gasteiger partial charge < -0.3 is 4.42 Å². The Hall–Kier alpha value is -7.01. The van der Waals surface area contributed by atoms with Crippen molar-refractivity contribution in [2.45, 2.75) is 6.42 Å². The molecule has 68 heavy (non-hydrogen) atoms. The predicted octanol–water partition coefficient (Wildman–Crippen LogP) is 5.58. The highest BCUT2D eigenvalue weighted by molar-refractivity contribution is 6.69. The molecule has 0 N–H and O–H groups in total. The molecule has 0 aliphatic carbocycles. The molecule has 0 aliphatic heterocycles. The zero-order valence-electron chi connectivity index (χ0n) is 36.6. The van der Waals surface area contributed by atoms with Crippen molar-refractivity contribution in [1.29, 1.82) is 0 Å². The topological polar surface area (TPSA) is 13.1 Å². The molecule has 1 aromatic heterocycles. The van der Waals surface area contributed by atoms with Crippen molar-refractivity contribution < 1.29 is 4.42 Å². The zero-order chi connectivity index (χ0) is 47.0. The van der Waals surface area contributed by atoms with Crippen LogP contribution >= 0.6 is 0 Å². The van der Waals surface area contributed by atoms with E-state index in [0.717, 1.165) is 54.7 Å².